The summed E-state index contributed by atoms with van der Waals surface area (Å²) in [7, 11) is 1.48. The van der Waals surface area contributed by atoms with Crippen molar-refractivity contribution in [1.82, 2.24) is 10.2 Å². The summed E-state index contributed by atoms with van der Waals surface area (Å²) < 4.78 is 5.14. The molecule has 1 saturated heterocycles. The summed E-state index contributed by atoms with van der Waals surface area (Å²) in [6.07, 6.45) is 2.19. The number of hydrogen-bond acceptors (Lipinski definition) is 5. The van der Waals surface area contributed by atoms with E-state index < -0.39 is 30.0 Å². The van der Waals surface area contributed by atoms with Gasteiger partial charge in [0.25, 0.3) is 0 Å². The number of aliphatic carboxylic acids is 1. The first kappa shape index (κ1) is 17.6. The second kappa shape index (κ2) is 8.08. The monoisotopic (exact) mass is 319 g/mol. The van der Waals surface area contributed by atoms with Crippen molar-refractivity contribution in [1.29, 1.82) is 0 Å². The van der Waals surface area contributed by atoms with Crippen LogP contribution < -0.4 is 11.1 Å². The molecule has 9 heteroatoms. The van der Waals surface area contributed by atoms with Crippen LogP contribution in [0, 0.1) is 0 Å². The quantitative estimate of drug-likeness (QED) is 0.580. The van der Waals surface area contributed by atoms with Crippen LogP contribution in [0.3, 0.4) is 0 Å². The molecule has 1 rings (SSSR count). The minimum Gasteiger partial charge on any atom is -0.480 e. The highest BCUT2D eigenvalue weighted by molar-refractivity contribution is 7.98. The lowest BCUT2D eigenvalue weighted by molar-refractivity contribution is -0.148. The van der Waals surface area contributed by atoms with E-state index in [1.807, 2.05) is 6.26 Å². The van der Waals surface area contributed by atoms with Crippen LogP contribution in [-0.4, -0.2) is 71.8 Å². The van der Waals surface area contributed by atoms with Gasteiger partial charge in [0, 0.05) is 20.1 Å². The highest BCUT2D eigenvalue weighted by atomic mass is 32.2. The van der Waals surface area contributed by atoms with Crippen molar-refractivity contribution in [2.75, 3.05) is 25.7 Å². The van der Waals surface area contributed by atoms with Crippen molar-refractivity contribution < 1.29 is 24.2 Å². The molecular formula is C12H21N3O5S. The van der Waals surface area contributed by atoms with Crippen LogP contribution in [0.2, 0.25) is 0 Å². The van der Waals surface area contributed by atoms with E-state index in [1.54, 1.807) is 0 Å². The number of nitrogens with one attached hydrogen (secondary N) is 1. The highest BCUT2D eigenvalue weighted by Gasteiger charge is 2.41. The van der Waals surface area contributed by atoms with Gasteiger partial charge in [-0.2, -0.15) is 11.8 Å². The topological polar surface area (TPSA) is 122 Å². The second-order valence-corrected chi connectivity index (χ2v) is 5.77. The van der Waals surface area contributed by atoms with Crippen molar-refractivity contribution in [3.05, 3.63) is 0 Å². The zero-order chi connectivity index (χ0) is 16.0. The van der Waals surface area contributed by atoms with Crippen LogP contribution in [0.15, 0.2) is 0 Å². The Hall–Kier alpha value is -1.48. The lowest BCUT2D eigenvalue weighted by atomic mass is 10.1. The van der Waals surface area contributed by atoms with Gasteiger partial charge >= 0.3 is 12.0 Å². The van der Waals surface area contributed by atoms with E-state index in [9.17, 15) is 19.5 Å². The standard InChI is InChI=1S/C12H21N3O5S/c1-20-7-5-9(11(17)18)15(6-7)10(16)8(3-4-21-2)14-12(13)19/h7-9H,3-6H2,1-2H3,(H,17,18)(H3,13,14,19). The molecule has 1 heterocycles. The van der Waals surface area contributed by atoms with Gasteiger partial charge in [-0.3, -0.25) is 4.79 Å². The van der Waals surface area contributed by atoms with Gasteiger partial charge in [0.05, 0.1) is 6.10 Å². The van der Waals surface area contributed by atoms with Crippen LogP contribution in [-0.2, 0) is 14.3 Å². The summed E-state index contributed by atoms with van der Waals surface area (Å²) >= 11 is 1.53. The van der Waals surface area contributed by atoms with Crippen LogP contribution in [0.25, 0.3) is 0 Å². The molecule has 3 unspecified atom stereocenters. The first-order valence-corrected chi connectivity index (χ1v) is 7.91. The number of ether oxygens (including phenoxy) is 1. The number of thioether (sulfide) groups is 1. The number of urea groups is 1. The first-order chi connectivity index (χ1) is 9.90. The lowest BCUT2D eigenvalue weighted by Gasteiger charge is -2.26. The summed E-state index contributed by atoms with van der Waals surface area (Å²) in [6, 6.07) is -2.55. The highest BCUT2D eigenvalue weighted by Crippen LogP contribution is 2.22. The predicted octanol–water partition coefficient (Wildman–Crippen LogP) is -0.523. The lowest BCUT2D eigenvalue weighted by Crippen LogP contribution is -2.53. The molecule has 0 aliphatic carbocycles. The maximum atomic E-state index is 12.5. The molecule has 3 atom stereocenters. The third-order valence-corrected chi connectivity index (χ3v) is 4.03. The minimum absolute atomic E-state index is 0.197. The van der Waals surface area contributed by atoms with E-state index in [0.29, 0.717) is 12.2 Å². The predicted molar refractivity (Wildman–Crippen MR) is 78.1 cm³/mol. The normalized spacial score (nSPS) is 22.9. The van der Waals surface area contributed by atoms with Gasteiger partial charge in [-0.15, -0.1) is 0 Å². The number of nitrogens with two attached hydrogens (primary N) is 1. The van der Waals surface area contributed by atoms with Crippen molar-refractivity contribution >= 4 is 29.7 Å². The Labute approximate surface area is 127 Å². The van der Waals surface area contributed by atoms with E-state index in [2.05, 4.69) is 5.32 Å². The number of likely N-dealkylation sites (tertiary alicyclic amines) is 1. The third-order valence-electron chi connectivity index (χ3n) is 3.39. The first-order valence-electron chi connectivity index (χ1n) is 6.51. The van der Waals surface area contributed by atoms with Gasteiger partial charge in [-0.05, 0) is 18.4 Å². The smallest absolute Gasteiger partial charge is 0.326 e. The van der Waals surface area contributed by atoms with Crippen LogP contribution in [0.5, 0.6) is 0 Å². The average Bonchev–Trinajstić information content (AvgIpc) is 2.86. The molecule has 3 amide bonds. The molecule has 8 nitrogen and oxygen atoms in total. The van der Waals surface area contributed by atoms with Gasteiger partial charge < -0.3 is 25.8 Å². The summed E-state index contributed by atoms with van der Waals surface area (Å²) in [5.74, 6) is -0.865. The Morgan fingerprint density at radius 2 is 2.19 bits per heavy atom. The Kier molecular flexibility index (Phi) is 6.76. The summed E-state index contributed by atoms with van der Waals surface area (Å²) in [5, 5.41) is 11.6. The largest absolute Gasteiger partial charge is 0.480 e. The number of methoxy groups -OCH3 is 1. The number of primary amides is 1. The minimum atomic E-state index is -1.08. The Morgan fingerprint density at radius 1 is 1.52 bits per heavy atom. The molecule has 1 fully saturated rings. The van der Waals surface area contributed by atoms with Gasteiger partial charge in [0.1, 0.15) is 12.1 Å². The number of carboxylic acids is 1. The van der Waals surface area contributed by atoms with E-state index >= 15 is 0 Å². The average molecular weight is 319 g/mol. The Balaban J connectivity index is 2.84. The SMILES string of the molecule is COC1CC(C(=O)O)N(C(=O)C(CCSC)NC(N)=O)C1. The van der Waals surface area contributed by atoms with Crippen molar-refractivity contribution in [3.8, 4) is 0 Å². The van der Waals surface area contributed by atoms with Crippen molar-refractivity contribution in [3.63, 3.8) is 0 Å². The summed E-state index contributed by atoms with van der Waals surface area (Å²) in [6.45, 7) is 0.197. The zero-order valence-electron chi connectivity index (χ0n) is 12.1. The van der Waals surface area contributed by atoms with E-state index in [4.69, 9.17) is 10.5 Å². The van der Waals surface area contributed by atoms with E-state index in [0.717, 1.165) is 0 Å². The Morgan fingerprint density at radius 3 is 2.67 bits per heavy atom. The van der Waals surface area contributed by atoms with Gasteiger partial charge in [-0.25, -0.2) is 9.59 Å². The molecule has 0 aromatic rings. The van der Waals surface area contributed by atoms with Crippen molar-refractivity contribution in [2.24, 2.45) is 5.73 Å². The molecule has 0 spiro atoms. The second-order valence-electron chi connectivity index (χ2n) is 4.78. The maximum absolute atomic E-state index is 12.5. The van der Waals surface area contributed by atoms with Crippen molar-refractivity contribution in [2.45, 2.75) is 31.0 Å². The summed E-state index contributed by atoms with van der Waals surface area (Å²) in [5.41, 5.74) is 5.08. The number of carbonyl (C=O) groups is 3. The maximum Gasteiger partial charge on any atom is 0.326 e. The molecule has 0 aromatic heterocycles. The third kappa shape index (κ3) is 4.78. The van der Waals surface area contributed by atoms with Gasteiger partial charge in [0.2, 0.25) is 5.91 Å². The molecular weight excluding hydrogens is 298 g/mol. The fourth-order valence-corrected chi connectivity index (χ4v) is 2.78. The molecule has 4 N–H and O–H groups in total. The molecule has 0 aromatic carbocycles. The number of amides is 3. The number of hydrogen-bond donors (Lipinski definition) is 3. The Bertz CT molecular complexity index is 406. The molecule has 0 radical (unpaired) electrons. The van der Waals surface area contributed by atoms with Crippen LogP contribution >= 0.6 is 11.8 Å². The molecule has 0 saturated carbocycles. The zero-order valence-corrected chi connectivity index (χ0v) is 12.9. The van der Waals surface area contributed by atoms with Gasteiger partial charge in [0.15, 0.2) is 0 Å². The summed E-state index contributed by atoms with van der Waals surface area (Å²) in [4.78, 5) is 36.0. The number of rotatable bonds is 7. The molecule has 21 heavy (non-hydrogen) atoms. The van der Waals surface area contributed by atoms with Crippen LogP contribution in [0.4, 0.5) is 4.79 Å². The van der Waals surface area contributed by atoms with Crippen LogP contribution in [0.1, 0.15) is 12.8 Å². The van der Waals surface area contributed by atoms with E-state index in [-0.39, 0.29) is 19.1 Å². The fraction of sp³-hybridized carbons (Fsp3) is 0.750. The number of carboxylic acid groups (broad SMARTS) is 1. The molecule has 120 valence electrons. The fourth-order valence-electron chi connectivity index (χ4n) is 2.31. The molecule has 1 aliphatic rings. The molecule has 0 bridgehead atoms. The van der Waals surface area contributed by atoms with E-state index in [1.165, 1.54) is 23.8 Å². The molecule has 1 aliphatic heterocycles. The number of nitrogens with zero attached hydrogens (tertiary/aromatic N) is 1. The van der Waals surface area contributed by atoms with Gasteiger partial charge in [-0.1, -0.05) is 0 Å². The number of carbonyl (C=O) groups excluding carboxylic acids is 2.